The second-order valence-electron chi connectivity index (χ2n) is 8.05. The minimum absolute atomic E-state index is 0.119. The summed E-state index contributed by atoms with van der Waals surface area (Å²) in [6, 6.07) is 11.7. The van der Waals surface area contributed by atoms with E-state index in [-0.39, 0.29) is 21.7 Å². The van der Waals surface area contributed by atoms with Crippen molar-refractivity contribution >= 4 is 32.4 Å². The molecule has 0 bridgehead atoms. The van der Waals surface area contributed by atoms with Crippen LogP contribution >= 0.6 is 0 Å². The van der Waals surface area contributed by atoms with Crippen LogP contribution in [0.1, 0.15) is 19.8 Å². The van der Waals surface area contributed by atoms with Gasteiger partial charge in [-0.3, -0.25) is 9.78 Å². The number of carbonyl (C=O) groups is 1. The average molecular weight is 485 g/mol. The molecule has 3 aromatic rings. The van der Waals surface area contributed by atoms with Gasteiger partial charge in [0.25, 0.3) is 0 Å². The van der Waals surface area contributed by atoms with Crippen molar-refractivity contribution in [3.05, 3.63) is 48.7 Å². The molecular formula is C25H28N2O6S. The zero-order valence-electron chi connectivity index (χ0n) is 19.5. The van der Waals surface area contributed by atoms with Crippen LogP contribution in [-0.4, -0.2) is 53.3 Å². The molecule has 0 saturated carbocycles. The van der Waals surface area contributed by atoms with E-state index in [1.165, 1.54) is 25.4 Å². The average Bonchev–Trinajstić information content (AvgIpc) is 2.87. The summed E-state index contributed by atoms with van der Waals surface area (Å²) in [5, 5.41) is 0.684. The van der Waals surface area contributed by atoms with Crippen LogP contribution in [0.2, 0.25) is 0 Å². The van der Waals surface area contributed by atoms with Gasteiger partial charge in [-0.1, -0.05) is 0 Å². The Labute approximate surface area is 199 Å². The first-order chi connectivity index (χ1) is 16.4. The predicted octanol–water partition coefficient (Wildman–Crippen LogP) is 3.86. The topological polar surface area (TPSA) is 95.0 Å². The lowest BCUT2D eigenvalue weighted by molar-refractivity contribution is -0.148. The summed E-state index contributed by atoms with van der Waals surface area (Å²) in [6.07, 6.45) is 2.57. The van der Waals surface area contributed by atoms with Crippen LogP contribution in [0, 0.1) is 5.92 Å². The van der Waals surface area contributed by atoms with Crippen molar-refractivity contribution in [1.82, 2.24) is 4.98 Å². The lowest BCUT2D eigenvalue weighted by Crippen LogP contribution is -2.37. The fourth-order valence-corrected chi connectivity index (χ4v) is 5.70. The largest absolute Gasteiger partial charge is 0.497 e. The molecular weight excluding hydrogens is 456 g/mol. The van der Waals surface area contributed by atoms with E-state index in [0.717, 1.165) is 0 Å². The molecule has 2 heterocycles. The van der Waals surface area contributed by atoms with E-state index in [0.29, 0.717) is 60.6 Å². The quantitative estimate of drug-likeness (QED) is 0.467. The van der Waals surface area contributed by atoms with Gasteiger partial charge in [-0.2, -0.15) is 0 Å². The Balaban J connectivity index is 1.81. The van der Waals surface area contributed by atoms with E-state index < -0.39 is 9.84 Å². The van der Waals surface area contributed by atoms with Gasteiger partial charge in [0.15, 0.2) is 0 Å². The lowest BCUT2D eigenvalue weighted by Gasteiger charge is -2.34. The summed E-state index contributed by atoms with van der Waals surface area (Å²) in [7, 11) is -0.789. The smallest absolute Gasteiger partial charge is 0.309 e. The fourth-order valence-electron chi connectivity index (χ4n) is 4.27. The highest BCUT2D eigenvalue weighted by molar-refractivity contribution is 7.91. The molecule has 1 saturated heterocycles. The van der Waals surface area contributed by atoms with Crippen molar-refractivity contribution in [2.45, 2.75) is 29.6 Å². The molecule has 2 aromatic carbocycles. The summed E-state index contributed by atoms with van der Waals surface area (Å²) >= 11 is 0. The fraction of sp³-hybridized carbons (Fsp3) is 0.360. The van der Waals surface area contributed by atoms with Crippen molar-refractivity contribution in [3.8, 4) is 11.5 Å². The Hall–Kier alpha value is -3.33. The molecule has 0 aliphatic carbocycles. The van der Waals surface area contributed by atoms with Crippen LogP contribution in [0.25, 0.3) is 10.9 Å². The van der Waals surface area contributed by atoms with E-state index in [9.17, 15) is 13.2 Å². The van der Waals surface area contributed by atoms with Crippen LogP contribution < -0.4 is 14.4 Å². The van der Waals surface area contributed by atoms with Gasteiger partial charge in [0, 0.05) is 24.7 Å². The third-order valence-corrected chi connectivity index (χ3v) is 7.87. The minimum Gasteiger partial charge on any atom is -0.497 e. The van der Waals surface area contributed by atoms with Crippen molar-refractivity contribution in [3.63, 3.8) is 0 Å². The maximum absolute atomic E-state index is 13.7. The van der Waals surface area contributed by atoms with Gasteiger partial charge in [-0.25, -0.2) is 8.42 Å². The van der Waals surface area contributed by atoms with Crippen LogP contribution in [0.4, 0.5) is 5.69 Å². The first-order valence-corrected chi connectivity index (χ1v) is 12.6. The summed E-state index contributed by atoms with van der Waals surface area (Å²) in [6.45, 7) is 3.17. The molecule has 9 heteroatoms. The van der Waals surface area contributed by atoms with Gasteiger partial charge < -0.3 is 19.1 Å². The molecule has 180 valence electrons. The highest BCUT2D eigenvalue weighted by Crippen LogP contribution is 2.39. The van der Waals surface area contributed by atoms with Gasteiger partial charge in [0.05, 0.1) is 42.8 Å². The number of aromatic nitrogens is 1. The molecule has 0 radical (unpaired) electrons. The number of pyridine rings is 1. The molecule has 1 aromatic heterocycles. The van der Waals surface area contributed by atoms with Gasteiger partial charge in [0.1, 0.15) is 16.4 Å². The summed E-state index contributed by atoms with van der Waals surface area (Å²) in [5.41, 5.74) is 1.24. The summed E-state index contributed by atoms with van der Waals surface area (Å²) < 4.78 is 43.2. The number of rotatable bonds is 7. The number of piperidine rings is 1. The highest BCUT2D eigenvalue weighted by Gasteiger charge is 2.31. The number of hydrogen-bond acceptors (Lipinski definition) is 8. The van der Waals surface area contributed by atoms with Gasteiger partial charge in [-0.05, 0) is 62.2 Å². The Morgan fingerprint density at radius 2 is 1.68 bits per heavy atom. The first-order valence-electron chi connectivity index (χ1n) is 11.2. The molecule has 0 unspecified atom stereocenters. The zero-order chi connectivity index (χ0) is 24.3. The number of hydrogen-bond donors (Lipinski definition) is 0. The van der Waals surface area contributed by atoms with Crippen molar-refractivity contribution in [1.29, 1.82) is 0 Å². The molecule has 0 amide bonds. The Kier molecular flexibility index (Phi) is 6.92. The minimum atomic E-state index is -3.89. The van der Waals surface area contributed by atoms with E-state index in [4.69, 9.17) is 14.2 Å². The number of esters is 1. The van der Waals surface area contributed by atoms with Gasteiger partial charge in [-0.15, -0.1) is 0 Å². The van der Waals surface area contributed by atoms with Crippen molar-refractivity contribution < 1.29 is 27.4 Å². The second kappa shape index (κ2) is 9.89. The van der Waals surface area contributed by atoms with Crippen LogP contribution in [0.3, 0.4) is 0 Å². The number of fused-ring (bicyclic) bond motifs is 1. The molecule has 8 nitrogen and oxygen atoms in total. The number of benzene rings is 2. The van der Waals surface area contributed by atoms with Gasteiger partial charge >= 0.3 is 5.97 Å². The predicted molar refractivity (Wildman–Crippen MR) is 128 cm³/mol. The highest BCUT2D eigenvalue weighted by atomic mass is 32.2. The van der Waals surface area contributed by atoms with Crippen molar-refractivity contribution in [2.75, 3.05) is 38.8 Å². The number of methoxy groups -OCH3 is 2. The molecule has 34 heavy (non-hydrogen) atoms. The number of nitrogens with zero attached hydrogens (tertiary/aromatic N) is 2. The Bertz CT molecular complexity index is 1280. The van der Waals surface area contributed by atoms with E-state index in [2.05, 4.69) is 4.98 Å². The summed E-state index contributed by atoms with van der Waals surface area (Å²) in [5.74, 6) is 0.785. The maximum Gasteiger partial charge on any atom is 0.309 e. The third kappa shape index (κ3) is 4.52. The Morgan fingerprint density at radius 1 is 1.03 bits per heavy atom. The van der Waals surface area contributed by atoms with E-state index in [1.54, 1.807) is 32.2 Å². The standard InChI is InChI=1S/C25H28N2O6S/c1-4-33-25(28)17-11-13-27(14-12-17)24-21-15-19(32-3)7-10-22(21)26-16-23(24)34(29,30)20-8-5-18(31-2)6-9-20/h5-10,15-17H,4,11-14H2,1-3H3. The third-order valence-electron chi connectivity index (χ3n) is 6.10. The van der Waals surface area contributed by atoms with Crippen LogP contribution in [0.5, 0.6) is 11.5 Å². The molecule has 1 aliphatic rings. The second-order valence-corrected chi connectivity index (χ2v) is 9.96. The van der Waals surface area contributed by atoms with Crippen LogP contribution in [0.15, 0.2) is 58.5 Å². The molecule has 1 aliphatic heterocycles. The number of carbonyl (C=O) groups excluding carboxylic acids is 1. The summed E-state index contributed by atoms with van der Waals surface area (Å²) in [4.78, 5) is 19.0. The SMILES string of the molecule is CCOC(=O)C1CCN(c2c(S(=O)(=O)c3ccc(OC)cc3)cnc3ccc(OC)cc23)CC1. The molecule has 4 rings (SSSR count). The maximum atomic E-state index is 13.7. The Morgan fingerprint density at radius 3 is 2.29 bits per heavy atom. The normalized spacial score (nSPS) is 14.7. The van der Waals surface area contributed by atoms with E-state index in [1.807, 2.05) is 17.0 Å². The number of sulfone groups is 1. The van der Waals surface area contributed by atoms with Crippen molar-refractivity contribution in [2.24, 2.45) is 5.92 Å². The molecule has 1 fully saturated rings. The van der Waals surface area contributed by atoms with Gasteiger partial charge in [0.2, 0.25) is 9.84 Å². The molecule has 0 N–H and O–H groups in total. The number of ether oxygens (including phenoxy) is 3. The van der Waals surface area contributed by atoms with E-state index >= 15 is 0 Å². The lowest BCUT2D eigenvalue weighted by atomic mass is 9.96. The number of anilines is 1. The molecule has 0 spiro atoms. The first kappa shape index (κ1) is 23.8. The molecule has 0 atom stereocenters. The monoisotopic (exact) mass is 484 g/mol. The van der Waals surface area contributed by atoms with Crippen LogP contribution in [-0.2, 0) is 19.4 Å². The zero-order valence-corrected chi connectivity index (χ0v) is 20.3.